The highest BCUT2D eigenvalue weighted by molar-refractivity contribution is 9.10. The van der Waals surface area contributed by atoms with Gasteiger partial charge in [-0.2, -0.15) is 0 Å². The third kappa shape index (κ3) is 3.09. The molecule has 0 aliphatic carbocycles. The molecule has 0 spiro atoms. The van der Waals surface area contributed by atoms with Gasteiger partial charge in [-0.05, 0) is 58.4 Å². The maximum absolute atomic E-state index is 12.7. The summed E-state index contributed by atoms with van der Waals surface area (Å²) < 4.78 is 13.3. The largest absolute Gasteiger partial charge is 0.322 e. The Balaban J connectivity index is 2.19. The zero-order valence-electron chi connectivity index (χ0n) is 9.08. The molecule has 92 valence electrons. The van der Waals surface area contributed by atoms with E-state index in [0.29, 0.717) is 20.7 Å². The van der Waals surface area contributed by atoms with Crippen LogP contribution < -0.4 is 5.32 Å². The van der Waals surface area contributed by atoms with Crippen LogP contribution in [0.1, 0.15) is 10.4 Å². The van der Waals surface area contributed by atoms with Crippen LogP contribution in [0.5, 0.6) is 0 Å². The van der Waals surface area contributed by atoms with Gasteiger partial charge in [0.15, 0.2) is 0 Å². The first-order valence-electron chi connectivity index (χ1n) is 5.08. The Morgan fingerprint density at radius 3 is 2.44 bits per heavy atom. The van der Waals surface area contributed by atoms with Crippen molar-refractivity contribution in [2.24, 2.45) is 0 Å². The molecule has 0 bridgehead atoms. The van der Waals surface area contributed by atoms with E-state index in [1.165, 1.54) is 24.3 Å². The van der Waals surface area contributed by atoms with E-state index in [9.17, 15) is 9.18 Å². The molecule has 0 radical (unpaired) electrons. The SMILES string of the molecule is O=C(Nc1ccc(F)cc1)c1ccc(Cl)cc1Br. The van der Waals surface area contributed by atoms with Crippen molar-refractivity contribution < 1.29 is 9.18 Å². The molecule has 1 amide bonds. The molecule has 2 aromatic carbocycles. The van der Waals surface area contributed by atoms with Gasteiger partial charge >= 0.3 is 0 Å². The molecule has 0 saturated heterocycles. The molecule has 2 rings (SSSR count). The Labute approximate surface area is 117 Å². The first-order valence-corrected chi connectivity index (χ1v) is 6.25. The molecule has 0 unspecified atom stereocenters. The van der Waals surface area contributed by atoms with Gasteiger partial charge in [0.25, 0.3) is 5.91 Å². The number of halogens is 3. The maximum Gasteiger partial charge on any atom is 0.256 e. The third-order valence-corrected chi connectivity index (χ3v) is 3.17. The highest BCUT2D eigenvalue weighted by Gasteiger charge is 2.10. The molecule has 0 fully saturated rings. The number of hydrogen-bond acceptors (Lipinski definition) is 1. The zero-order valence-corrected chi connectivity index (χ0v) is 11.4. The number of nitrogens with one attached hydrogen (secondary N) is 1. The fourth-order valence-electron chi connectivity index (χ4n) is 1.41. The lowest BCUT2D eigenvalue weighted by molar-refractivity contribution is 0.102. The van der Waals surface area contributed by atoms with Crippen LogP contribution in [0, 0.1) is 5.82 Å². The minimum Gasteiger partial charge on any atom is -0.322 e. The highest BCUT2D eigenvalue weighted by Crippen LogP contribution is 2.22. The third-order valence-electron chi connectivity index (χ3n) is 2.28. The van der Waals surface area contributed by atoms with Crippen LogP contribution in [0.25, 0.3) is 0 Å². The van der Waals surface area contributed by atoms with Gasteiger partial charge in [-0.3, -0.25) is 4.79 Å². The quantitative estimate of drug-likeness (QED) is 0.864. The van der Waals surface area contributed by atoms with Crippen LogP contribution in [-0.4, -0.2) is 5.91 Å². The highest BCUT2D eigenvalue weighted by atomic mass is 79.9. The lowest BCUT2D eigenvalue weighted by Crippen LogP contribution is -2.12. The van der Waals surface area contributed by atoms with E-state index in [-0.39, 0.29) is 11.7 Å². The molecule has 0 heterocycles. The fourth-order valence-corrected chi connectivity index (χ4v) is 2.27. The number of hydrogen-bond donors (Lipinski definition) is 1. The molecular formula is C13H8BrClFNO. The summed E-state index contributed by atoms with van der Waals surface area (Å²) in [6.45, 7) is 0. The zero-order chi connectivity index (χ0) is 13.1. The van der Waals surface area contributed by atoms with Gasteiger partial charge in [0.1, 0.15) is 5.82 Å². The molecular weight excluding hydrogens is 321 g/mol. The van der Waals surface area contributed by atoms with Gasteiger partial charge in [-0.15, -0.1) is 0 Å². The summed E-state index contributed by atoms with van der Waals surface area (Å²) in [5.74, 6) is -0.633. The Bertz CT molecular complexity index is 586. The topological polar surface area (TPSA) is 29.1 Å². The molecule has 0 aromatic heterocycles. The number of carbonyl (C=O) groups excluding carboxylic acids is 1. The van der Waals surface area contributed by atoms with E-state index in [4.69, 9.17) is 11.6 Å². The van der Waals surface area contributed by atoms with E-state index in [2.05, 4.69) is 21.2 Å². The Morgan fingerprint density at radius 1 is 1.17 bits per heavy atom. The van der Waals surface area contributed by atoms with Crippen LogP contribution >= 0.6 is 27.5 Å². The van der Waals surface area contributed by atoms with E-state index in [1.807, 2.05) is 0 Å². The number of rotatable bonds is 2. The molecule has 2 nitrogen and oxygen atoms in total. The van der Waals surface area contributed by atoms with Crippen molar-refractivity contribution in [3.8, 4) is 0 Å². The van der Waals surface area contributed by atoms with Crippen LogP contribution in [-0.2, 0) is 0 Å². The molecule has 0 aliphatic heterocycles. The fraction of sp³-hybridized carbons (Fsp3) is 0. The second kappa shape index (κ2) is 5.50. The second-order valence-electron chi connectivity index (χ2n) is 3.59. The summed E-state index contributed by atoms with van der Waals surface area (Å²) in [6, 6.07) is 10.4. The Kier molecular flexibility index (Phi) is 3.99. The molecule has 2 aromatic rings. The van der Waals surface area contributed by atoms with E-state index >= 15 is 0 Å². The molecule has 0 saturated carbocycles. The number of amides is 1. The molecule has 1 N–H and O–H groups in total. The van der Waals surface area contributed by atoms with Gasteiger partial charge in [-0.1, -0.05) is 11.6 Å². The predicted octanol–water partition coefficient (Wildman–Crippen LogP) is 4.49. The van der Waals surface area contributed by atoms with Crippen molar-refractivity contribution in [2.75, 3.05) is 5.32 Å². The van der Waals surface area contributed by atoms with Crippen molar-refractivity contribution in [1.82, 2.24) is 0 Å². The standard InChI is InChI=1S/C13H8BrClFNO/c14-12-7-8(15)1-6-11(12)13(18)17-10-4-2-9(16)3-5-10/h1-7H,(H,17,18). The summed E-state index contributed by atoms with van der Waals surface area (Å²) in [7, 11) is 0. The van der Waals surface area contributed by atoms with Crippen molar-refractivity contribution in [1.29, 1.82) is 0 Å². The van der Waals surface area contributed by atoms with E-state index in [0.717, 1.165) is 0 Å². The van der Waals surface area contributed by atoms with Crippen LogP contribution in [0.4, 0.5) is 10.1 Å². The second-order valence-corrected chi connectivity index (χ2v) is 4.88. The average Bonchev–Trinajstić information content (AvgIpc) is 2.32. The minimum atomic E-state index is -0.347. The van der Waals surface area contributed by atoms with Crippen LogP contribution in [0.2, 0.25) is 5.02 Å². The number of benzene rings is 2. The normalized spacial score (nSPS) is 10.2. The van der Waals surface area contributed by atoms with Crippen molar-refractivity contribution >= 4 is 39.1 Å². The van der Waals surface area contributed by atoms with Crippen molar-refractivity contribution in [3.63, 3.8) is 0 Å². The Hall–Kier alpha value is -1.39. The van der Waals surface area contributed by atoms with E-state index in [1.54, 1.807) is 18.2 Å². The lowest BCUT2D eigenvalue weighted by atomic mass is 10.2. The molecule has 5 heteroatoms. The minimum absolute atomic E-state index is 0.287. The summed E-state index contributed by atoms with van der Waals surface area (Å²) >= 11 is 9.06. The van der Waals surface area contributed by atoms with Crippen LogP contribution in [0.15, 0.2) is 46.9 Å². The smallest absolute Gasteiger partial charge is 0.256 e. The maximum atomic E-state index is 12.7. The first kappa shape index (κ1) is 13.1. The monoisotopic (exact) mass is 327 g/mol. The summed E-state index contributed by atoms with van der Waals surface area (Å²) in [6.07, 6.45) is 0. The van der Waals surface area contributed by atoms with Gasteiger partial charge in [0, 0.05) is 15.2 Å². The lowest BCUT2D eigenvalue weighted by Gasteiger charge is -2.07. The van der Waals surface area contributed by atoms with Crippen molar-refractivity contribution in [3.05, 3.63) is 63.3 Å². The molecule has 0 atom stereocenters. The molecule has 18 heavy (non-hydrogen) atoms. The van der Waals surface area contributed by atoms with Gasteiger partial charge in [-0.25, -0.2) is 4.39 Å². The number of anilines is 1. The average molecular weight is 329 g/mol. The van der Waals surface area contributed by atoms with Gasteiger partial charge < -0.3 is 5.32 Å². The predicted molar refractivity (Wildman–Crippen MR) is 73.5 cm³/mol. The summed E-state index contributed by atoms with van der Waals surface area (Å²) in [5, 5.41) is 3.21. The van der Waals surface area contributed by atoms with Gasteiger partial charge in [0.05, 0.1) is 5.56 Å². The number of carbonyl (C=O) groups is 1. The summed E-state index contributed by atoms with van der Waals surface area (Å²) in [4.78, 5) is 12.0. The van der Waals surface area contributed by atoms with Gasteiger partial charge in [0.2, 0.25) is 0 Å². The van der Waals surface area contributed by atoms with Crippen LogP contribution in [0.3, 0.4) is 0 Å². The van der Waals surface area contributed by atoms with Crippen molar-refractivity contribution in [2.45, 2.75) is 0 Å². The summed E-state index contributed by atoms with van der Waals surface area (Å²) in [5.41, 5.74) is 0.993. The molecule has 0 aliphatic rings. The van der Waals surface area contributed by atoms with E-state index < -0.39 is 0 Å². The Morgan fingerprint density at radius 2 is 1.83 bits per heavy atom. The first-order chi connectivity index (χ1) is 8.56.